The van der Waals surface area contributed by atoms with Crippen LogP contribution in [0.1, 0.15) is 64.0 Å². The summed E-state index contributed by atoms with van der Waals surface area (Å²) >= 11 is 0. The normalized spacial score (nSPS) is 24.4. The fraction of sp³-hybridized carbons (Fsp3) is 0.550. The number of fused-ring (bicyclic) bond motifs is 1. The van der Waals surface area contributed by atoms with Gasteiger partial charge in [-0.2, -0.15) is 0 Å². The number of benzene rings is 1. The highest BCUT2D eigenvalue weighted by atomic mass is 16.1. The number of allylic oxidation sites excluding steroid dienone is 1. The molecule has 0 aromatic heterocycles. The van der Waals surface area contributed by atoms with Crippen LogP contribution in [-0.4, -0.2) is 11.3 Å². The molecule has 0 saturated heterocycles. The molecule has 0 radical (unpaired) electrons. The third-order valence-corrected chi connectivity index (χ3v) is 5.24. The molecule has 1 aromatic carbocycles. The SMILES string of the molecule is CC1(C)Cc2ccccc2C(=CC(=O)C2(C)CCCCC2)N1. The van der Waals surface area contributed by atoms with Gasteiger partial charge in [0.2, 0.25) is 0 Å². The lowest BCUT2D eigenvalue weighted by Gasteiger charge is -2.36. The molecular weight excluding hydrogens is 270 g/mol. The Balaban J connectivity index is 1.94. The van der Waals surface area contributed by atoms with Crippen LogP contribution < -0.4 is 5.32 Å². The molecule has 118 valence electrons. The van der Waals surface area contributed by atoms with Crippen molar-refractivity contribution in [2.75, 3.05) is 0 Å². The van der Waals surface area contributed by atoms with E-state index in [1.54, 1.807) is 0 Å². The van der Waals surface area contributed by atoms with Crippen LogP contribution in [0.25, 0.3) is 5.70 Å². The van der Waals surface area contributed by atoms with Crippen molar-refractivity contribution in [3.63, 3.8) is 0 Å². The van der Waals surface area contributed by atoms with Gasteiger partial charge in [-0.3, -0.25) is 4.79 Å². The number of ketones is 1. The van der Waals surface area contributed by atoms with Crippen molar-refractivity contribution in [3.8, 4) is 0 Å². The Morgan fingerprint density at radius 2 is 1.77 bits per heavy atom. The summed E-state index contributed by atoms with van der Waals surface area (Å²) in [5.41, 5.74) is 3.36. The maximum absolute atomic E-state index is 12.9. The zero-order chi connectivity index (χ0) is 15.8. The van der Waals surface area contributed by atoms with E-state index in [0.29, 0.717) is 5.78 Å². The Hall–Kier alpha value is -1.57. The van der Waals surface area contributed by atoms with Gasteiger partial charge in [0, 0.05) is 28.3 Å². The Bertz CT molecular complexity index is 606. The van der Waals surface area contributed by atoms with Crippen molar-refractivity contribution in [3.05, 3.63) is 41.5 Å². The summed E-state index contributed by atoms with van der Waals surface area (Å²) in [5, 5.41) is 3.58. The third kappa shape index (κ3) is 2.97. The van der Waals surface area contributed by atoms with E-state index in [1.165, 1.54) is 30.4 Å². The second kappa shape index (κ2) is 5.57. The molecule has 2 aliphatic rings. The maximum Gasteiger partial charge on any atom is 0.163 e. The maximum atomic E-state index is 12.9. The van der Waals surface area contributed by atoms with Gasteiger partial charge in [-0.25, -0.2) is 0 Å². The predicted octanol–water partition coefficient (Wildman–Crippen LogP) is 4.49. The first-order valence-corrected chi connectivity index (χ1v) is 8.52. The van der Waals surface area contributed by atoms with Crippen molar-refractivity contribution in [2.45, 2.75) is 64.8 Å². The van der Waals surface area contributed by atoms with E-state index in [9.17, 15) is 4.79 Å². The molecular formula is C20H27NO. The standard InChI is InChI=1S/C20H27NO/c1-19(2)14-15-9-5-6-10-16(15)17(21-19)13-18(22)20(3)11-7-4-8-12-20/h5-6,9-10,13,21H,4,7-8,11-12,14H2,1-3H3. The van der Waals surface area contributed by atoms with Crippen LogP contribution in [0.4, 0.5) is 0 Å². The minimum atomic E-state index is -0.163. The van der Waals surface area contributed by atoms with E-state index in [4.69, 9.17) is 0 Å². The van der Waals surface area contributed by atoms with E-state index < -0.39 is 0 Å². The predicted molar refractivity (Wildman–Crippen MR) is 91.5 cm³/mol. The van der Waals surface area contributed by atoms with Gasteiger partial charge >= 0.3 is 0 Å². The van der Waals surface area contributed by atoms with Crippen molar-refractivity contribution >= 4 is 11.5 Å². The first kappa shape index (κ1) is 15.3. The topological polar surface area (TPSA) is 29.1 Å². The Labute approximate surface area is 134 Å². The van der Waals surface area contributed by atoms with E-state index in [-0.39, 0.29) is 11.0 Å². The van der Waals surface area contributed by atoms with Crippen LogP contribution in [0, 0.1) is 5.41 Å². The number of carbonyl (C=O) groups excluding carboxylic acids is 1. The van der Waals surface area contributed by atoms with Crippen molar-refractivity contribution in [1.29, 1.82) is 0 Å². The Morgan fingerprint density at radius 1 is 1.09 bits per heavy atom. The van der Waals surface area contributed by atoms with E-state index in [1.807, 2.05) is 6.08 Å². The quantitative estimate of drug-likeness (QED) is 0.815. The van der Waals surface area contributed by atoms with Gasteiger partial charge in [-0.05, 0) is 38.7 Å². The summed E-state index contributed by atoms with van der Waals surface area (Å²) in [6, 6.07) is 8.44. The minimum absolute atomic E-state index is 0.00602. The smallest absolute Gasteiger partial charge is 0.163 e. The number of rotatable bonds is 2. The summed E-state index contributed by atoms with van der Waals surface area (Å²) < 4.78 is 0. The molecule has 0 amide bonds. The molecule has 0 spiro atoms. The van der Waals surface area contributed by atoms with Crippen molar-refractivity contribution in [2.24, 2.45) is 5.41 Å². The molecule has 1 aliphatic carbocycles. The molecule has 1 aromatic rings. The highest BCUT2D eigenvalue weighted by molar-refractivity contribution is 6.00. The largest absolute Gasteiger partial charge is 0.379 e. The average molecular weight is 297 g/mol. The van der Waals surface area contributed by atoms with Gasteiger partial charge < -0.3 is 5.32 Å². The highest BCUT2D eigenvalue weighted by Gasteiger charge is 2.34. The molecule has 1 saturated carbocycles. The van der Waals surface area contributed by atoms with Crippen LogP contribution >= 0.6 is 0 Å². The Morgan fingerprint density at radius 3 is 2.50 bits per heavy atom. The summed E-state index contributed by atoms with van der Waals surface area (Å²) in [6.45, 7) is 6.54. The molecule has 3 rings (SSSR count). The lowest BCUT2D eigenvalue weighted by molar-refractivity contribution is -0.124. The lowest BCUT2D eigenvalue weighted by atomic mass is 9.72. The van der Waals surface area contributed by atoms with Crippen molar-refractivity contribution < 1.29 is 4.79 Å². The fourth-order valence-electron chi connectivity index (χ4n) is 3.89. The molecule has 1 heterocycles. The monoisotopic (exact) mass is 297 g/mol. The first-order valence-electron chi connectivity index (χ1n) is 8.52. The molecule has 2 heteroatoms. The number of hydrogen-bond donors (Lipinski definition) is 1. The van der Waals surface area contributed by atoms with Gasteiger partial charge in [0.25, 0.3) is 0 Å². The molecule has 0 unspecified atom stereocenters. The first-order chi connectivity index (χ1) is 10.4. The van der Waals surface area contributed by atoms with Gasteiger partial charge in [0.05, 0.1) is 0 Å². The summed E-state index contributed by atoms with van der Waals surface area (Å²) in [4.78, 5) is 12.9. The Kier molecular flexibility index (Phi) is 3.88. The zero-order valence-electron chi connectivity index (χ0n) is 14.0. The average Bonchev–Trinajstić information content (AvgIpc) is 2.47. The van der Waals surface area contributed by atoms with Gasteiger partial charge in [0.15, 0.2) is 5.78 Å². The van der Waals surface area contributed by atoms with E-state index in [2.05, 4.69) is 50.4 Å². The fourth-order valence-corrected chi connectivity index (χ4v) is 3.89. The van der Waals surface area contributed by atoms with Crippen LogP contribution in [0.2, 0.25) is 0 Å². The number of nitrogens with one attached hydrogen (secondary N) is 1. The van der Waals surface area contributed by atoms with Crippen LogP contribution in [0.3, 0.4) is 0 Å². The molecule has 0 bridgehead atoms. The van der Waals surface area contributed by atoms with E-state index in [0.717, 1.165) is 25.0 Å². The van der Waals surface area contributed by atoms with Gasteiger partial charge in [-0.1, -0.05) is 50.5 Å². The minimum Gasteiger partial charge on any atom is -0.379 e. The number of hydrogen-bond acceptors (Lipinski definition) is 2. The summed E-state index contributed by atoms with van der Waals surface area (Å²) in [6.07, 6.45) is 8.56. The zero-order valence-corrected chi connectivity index (χ0v) is 14.0. The third-order valence-electron chi connectivity index (χ3n) is 5.24. The molecule has 2 nitrogen and oxygen atoms in total. The molecule has 1 aliphatic heterocycles. The molecule has 1 fully saturated rings. The lowest BCUT2D eigenvalue weighted by Crippen LogP contribution is -2.44. The summed E-state index contributed by atoms with van der Waals surface area (Å²) in [7, 11) is 0. The van der Waals surface area contributed by atoms with Crippen LogP contribution in [0.5, 0.6) is 0 Å². The van der Waals surface area contributed by atoms with Crippen molar-refractivity contribution in [1.82, 2.24) is 5.32 Å². The van der Waals surface area contributed by atoms with Crippen LogP contribution in [-0.2, 0) is 11.2 Å². The molecule has 1 N–H and O–H groups in total. The summed E-state index contributed by atoms with van der Waals surface area (Å²) in [5.74, 6) is 0.294. The van der Waals surface area contributed by atoms with Gasteiger partial charge in [0.1, 0.15) is 0 Å². The second-order valence-corrected chi connectivity index (χ2v) is 7.89. The van der Waals surface area contributed by atoms with Crippen LogP contribution in [0.15, 0.2) is 30.3 Å². The molecule has 0 atom stereocenters. The van der Waals surface area contributed by atoms with Gasteiger partial charge in [-0.15, -0.1) is 0 Å². The highest BCUT2D eigenvalue weighted by Crippen LogP contribution is 2.38. The second-order valence-electron chi connectivity index (χ2n) is 7.89. The number of carbonyl (C=O) groups is 1. The molecule has 22 heavy (non-hydrogen) atoms. The van der Waals surface area contributed by atoms with E-state index >= 15 is 0 Å².